The fourth-order valence-electron chi connectivity index (χ4n) is 4.26. The summed E-state index contributed by atoms with van der Waals surface area (Å²) < 4.78 is 55.2. The van der Waals surface area contributed by atoms with Crippen molar-refractivity contribution in [2.75, 3.05) is 23.1 Å². The minimum Gasteiger partial charge on any atom is -0.322 e. The highest BCUT2D eigenvalue weighted by Gasteiger charge is 2.31. The van der Waals surface area contributed by atoms with E-state index in [0.29, 0.717) is 37.0 Å². The Morgan fingerprint density at radius 3 is 2.11 bits per heavy atom. The molecule has 0 bridgehead atoms. The Morgan fingerprint density at radius 2 is 1.54 bits per heavy atom. The van der Waals surface area contributed by atoms with E-state index in [1.165, 1.54) is 52.8 Å². The summed E-state index contributed by atoms with van der Waals surface area (Å²) in [6, 6.07) is 11.5. The normalized spacial score (nSPS) is 18.9. The maximum Gasteiger partial charge on any atom is 0.263 e. The molecule has 1 aliphatic heterocycles. The molecule has 4 rings (SSSR count). The molecule has 0 saturated carbocycles. The van der Waals surface area contributed by atoms with Crippen molar-refractivity contribution in [3.63, 3.8) is 0 Å². The van der Waals surface area contributed by atoms with Crippen LogP contribution in [0, 0.1) is 11.8 Å². The molecule has 13 heteroatoms. The lowest BCUT2D eigenvalue weighted by atomic mass is 9.94. The zero-order chi connectivity index (χ0) is 26.8. The molecule has 1 aliphatic rings. The number of carbonyl (C=O) groups is 1. The number of piperidine rings is 1. The van der Waals surface area contributed by atoms with Gasteiger partial charge in [-0.05, 0) is 73.2 Å². The maximum atomic E-state index is 13.1. The second-order valence-corrected chi connectivity index (χ2v) is 13.9. The van der Waals surface area contributed by atoms with Gasteiger partial charge in [-0.25, -0.2) is 16.8 Å². The highest BCUT2D eigenvalue weighted by Crippen LogP contribution is 2.27. The highest BCUT2D eigenvalue weighted by molar-refractivity contribution is 7.93. The fourth-order valence-corrected chi connectivity index (χ4v) is 7.85. The van der Waals surface area contributed by atoms with Crippen molar-refractivity contribution >= 4 is 48.1 Å². The van der Waals surface area contributed by atoms with E-state index in [-0.39, 0.29) is 20.5 Å². The van der Waals surface area contributed by atoms with Gasteiger partial charge in [0.15, 0.2) is 0 Å². The molecule has 2 heterocycles. The fraction of sp³-hybridized carbons (Fsp3) is 0.375. The third-order valence-corrected chi connectivity index (χ3v) is 10.3. The summed E-state index contributed by atoms with van der Waals surface area (Å²) in [5, 5.41) is 11.3. The zero-order valence-corrected chi connectivity index (χ0v) is 23.2. The van der Waals surface area contributed by atoms with Crippen molar-refractivity contribution in [3.8, 4) is 0 Å². The van der Waals surface area contributed by atoms with E-state index in [9.17, 15) is 21.6 Å². The molecule has 2 N–H and O–H groups in total. The zero-order valence-electron chi connectivity index (χ0n) is 20.7. The molecule has 1 aromatic heterocycles. The van der Waals surface area contributed by atoms with E-state index >= 15 is 0 Å². The van der Waals surface area contributed by atoms with Crippen LogP contribution < -0.4 is 10.0 Å². The van der Waals surface area contributed by atoms with Crippen molar-refractivity contribution < 1.29 is 21.6 Å². The van der Waals surface area contributed by atoms with Crippen LogP contribution in [0.2, 0.25) is 0 Å². The van der Waals surface area contributed by atoms with Gasteiger partial charge < -0.3 is 5.32 Å². The van der Waals surface area contributed by atoms with Gasteiger partial charge in [-0.2, -0.15) is 4.31 Å². The average molecular weight is 564 g/mol. The quantitative estimate of drug-likeness (QED) is 0.425. The number of rotatable bonds is 8. The first-order valence-corrected chi connectivity index (χ1v) is 15.6. The lowest BCUT2D eigenvalue weighted by Gasteiger charge is -2.34. The summed E-state index contributed by atoms with van der Waals surface area (Å²) >= 11 is 1.16. The van der Waals surface area contributed by atoms with E-state index in [4.69, 9.17) is 0 Å². The van der Waals surface area contributed by atoms with Crippen LogP contribution in [0.25, 0.3) is 0 Å². The molecule has 10 nitrogen and oxygen atoms in total. The SMILES string of the molecule is CCc1nnc(NS(=O)(=O)c2ccc(NC(=O)c3ccc(S(=O)(=O)N4C[C@@H](C)C[C@H](C)C4)cc3)cc2)s1. The van der Waals surface area contributed by atoms with E-state index in [1.54, 1.807) is 0 Å². The van der Waals surface area contributed by atoms with Crippen LogP contribution in [0.15, 0.2) is 58.3 Å². The smallest absolute Gasteiger partial charge is 0.263 e. The van der Waals surface area contributed by atoms with Gasteiger partial charge >= 0.3 is 0 Å². The topological polar surface area (TPSA) is 138 Å². The average Bonchev–Trinajstić information content (AvgIpc) is 3.30. The second-order valence-electron chi connectivity index (χ2n) is 9.23. The molecule has 0 unspecified atom stereocenters. The number of hydrogen-bond acceptors (Lipinski definition) is 8. The van der Waals surface area contributed by atoms with Crippen LogP contribution in [-0.2, 0) is 26.5 Å². The Labute approximate surface area is 221 Å². The number of anilines is 2. The first-order chi connectivity index (χ1) is 17.5. The van der Waals surface area contributed by atoms with Gasteiger partial charge in [0.05, 0.1) is 9.79 Å². The number of sulfonamides is 2. The number of nitrogens with zero attached hydrogens (tertiary/aromatic N) is 3. The molecule has 1 amide bonds. The first-order valence-electron chi connectivity index (χ1n) is 11.8. The van der Waals surface area contributed by atoms with Crippen LogP contribution in [0.3, 0.4) is 0 Å². The van der Waals surface area contributed by atoms with Gasteiger partial charge in [-0.1, -0.05) is 32.1 Å². The number of nitrogens with one attached hydrogen (secondary N) is 2. The van der Waals surface area contributed by atoms with Crippen molar-refractivity contribution in [2.24, 2.45) is 11.8 Å². The summed E-state index contributed by atoms with van der Waals surface area (Å²) in [5.74, 6) is 0.136. The van der Waals surface area contributed by atoms with E-state index in [1.807, 2.05) is 20.8 Å². The summed E-state index contributed by atoms with van der Waals surface area (Å²) in [7, 11) is -7.50. The van der Waals surface area contributed by atoms with Crippen LogP contribution in [0.5, 0.6) is 0 Å². The molecule has 1 saturated heterocycles. The van der Waals surface area contributed by atoms with Gasteiger partial charge in [0.2, 0.25) is 15.2 Å². The molecular weight excluding hydrogens is 534 g/mol. The van der Waals surface area contributed by atoms with Gasteiger partial charge in [0.25, 0.3) is 15.9 Å². The largest absolute Gasteiger partial charge is 0.322 e. The number of amides is 1. The summed E-state index contributed by atoms with van der Waals surface area (Å²) in [5.41, 5.74) is 0.668. The predicted octanol–water partition coefficient (Wildman–Crippen LogP) is 3.82. The maximum absolute atomic E-state index is 13.1. The third-order valence-electron chi connectivity index (χ3n) is 6.00. The number of aryl methyl sites for hydroxylation is 1. The van der Waals surface area contributed by atoms with Crippen molar-refractivity contribution in [3.05, 3.63) is 59.1 Å². The molecule has 1 fully saturated rings. The lowest BCUT2D eigenvalue weighted by molar-refractivity contribution is 0.102. The molecule has 37 heavy (non-hydrogen) atoms. The van der Waals surface area contributed by atoms with Gasteiger partial charge in [0, 0.05) is 24.3 Å². The number of aromatic nitrogens is 2. The van der Waals surface area contributed by atoms with Crippen molar-refractivity contribution in [2.45, 2.75) is 43.4 Å². The van der Waals surface area contributed by atoms with Crippen LogP contribution in [0.1, 0.15) is 42.6 Å². The van der Waals surface area contributed by atoms with Crippen LogP contribution in [-0.4, -0.2) is 50.3 Å². The molecule has 198 valence electrons. The predicted molar refractivity (Wildman–Crippen MR) is 143 cm³/mol. The Hall–Kier alpha value is -2.87. The van der Waals surface area contributed by atoms with Crippen molar-refractivity contribution in [1.82, 2.24) is 14.5 Å². The molecule has 0 radical (unpaired) electrons. The summed E-state index contributed by atoms with van der Waals surface area (Å²) in [4.78, 5) is 12.9. The highest BCUT2D eigenvalue weighted by atomic mass is 32.2. The Morgan fingerprint density at radius 1 is 0.946 bits per heavy atom. The van der Waals surface area contributed by atoms with E-state index in [2.05, 4.69) is 20.2 Å². The van der Waals surface area contributed by atoms with Gasteiger partial charge in [-0.15, -0.1) is 10.2 Å². The standard InChI is InChI=1S/C24H29N5O5S3/c1-4-22-26-27-24(35-22)28-36(31,32)20-11-7-19(8-12-20)25-23(30)18-5-9-21(10-6-18)37(33,34)29-14-16(2)13-17(3)15-29/h5-12,16-17H,4,13-15H2,1-3H3,(H,25,30)(H,27,28)/t16-,17-/m0/s1. The molecular formula is C24H29N5O5S3. The summed E-state index contributed by atoms with van der Waals surface area (Å²) in [6.45, 7) is 6.96. The van der Waals surface area contributed by atoms with E-state index in [0.717, 1.165) is 22.8 Å². The van der Waals surface area contributed by atoms with Gasteiger partial charge in [0.1, 0.15) is 5.01 Å². The Balaban J connectivity index is 1.41. The number of carbonyl (C=O) groups excluding carboxylic acids is 1. The first kappa shape index (κ1) is 27.2. The molecule has 3 aromatic rings. The molecule has 0 spiro atoms. The van der Waals surface area contributed by atoms with E-state index < -0.39 is 26.0 Å². The molecule has 0 aliphatic carbocycles. The third kappa shape index (κ3) is 6.35. The van der Waals surface area contributed by atoms with Crippen molar-refractivity contribution in [1.29, 1.82) is 0 Å². The molecule has 2 atom stereocenters. The summed E-state index contributed by atoms with van der Waals surface area (Å²) in [6.07, 6.45) is 1.65. The second kappa shape index (κ2) is 10.9. The van der Waals surface area contributed by atoms with Crippen LogP contribution in [0.4, 0.5) is 10.8 Å². The lowest BCUT2D eigenvalue weighted by Crippen LogP contribution is -2.42. The van der Waals surface area contributed by atoms with Crippen LogP contribution >= 0.6 is 11.3 Å². The Bertz CT molecular complexity index is 1460. The Kier molecular flexibility index (Phi) is 7.97. The van der Waals surface area contributed by atoms with Gasteiger partial charge in [-0.3, -0.25) is 9.52 Å². The minimum absolute atomic E-state index is 0.00894. The number of benzene rings is 2. The monoisotopic (exact) mass is 563 g/mol. The molecule has 2 aromatic carbocycles. The minimum atomic E-state index is -3.86. The number of hydrogen-bond donors (Lipinski definition) is 2.